The Bertz CT molecular complexity index is 492. The molecule has 2 aromatic rings. The van der Waals surface area contributed by atoms with E-state index >= 15 is 0 Å². The third kappa shape index (κ3) is 2.20. The van der Waals surface area contributed by atoms with E-state index in [4.69, 9.17) is 5.73 Å². The Balaban J connectivity index is 2.42. The van der Waals surface area contributed by atoms with Crippen molar-refractivity contribution in [1.29, 1.82) is 0 Å². The SMILES string of the molecule is CNSc1ccc(N)c(-c2cn(C)cn2)c1. The topological polar surface area (TPSA) is 55.9 Å². The first-order valence-electron chi connectivity index (χ1n) is 4.92. The molecule has 0 saturated heterocycles. The molecule has 0 aliphatic heterocycles. The maximum Gasteiger partial charge on any atom is 0.0951 e. The first kappa shape index (κ1) is 11.0. The molecule has 0 saturated carbocycles. The number of imidazole rings is 1. The Morgan fingerprint density at radius 3 is 2.88 bits per heavy atom. The summed E-state index contributed by atoms with van der Waals surface area (Å²) in [5.41, 5.74) is 8.57. The lowest BCUT2D eigenvalue weighted by Gasteiger charge is -2.05. The number of nitrogens with one attached hydrogen (secondary N) is 1. The fraction of sp³-hybridized carbons (Fsp3) is 0.182. The standard InChI is InChI=1S/C11H14N4S/c1-13-16-8-3-4-10(12)9(5-8)11-6-15(2)7-14-11/h3-7,13H,12H2,1-2H3. The molecule has 0 unspecified atom stereocenters. The van der Waals surface area contributed by atoms with Gasteiger partial charge in [0.05, 0.1) is 12.0 Å². The van der Waals surface area contributed by atoms with Crippen LogP contribution in [0.4, 0.5) is 5.69 Å². The number of benzene rings is 1. The summed E-state index contributed by atoms with van der Waals surface area (Å²) in [6.07, 6.45) is 3.73. The number of nitrogen functional groups attached to an aromatic ring is 1. The van der Waals surface area contributed by atoms with E-state index in [-0.39, 0.29) is 0 Å². The summed E-state index contributed by atoms with van der Waals surface area (Å²) in [6.45, 7) is 0. The predicted octanol–water partition coefficient (Wildman–Crippen LogP) is 1.90. The van der Waals surface area contributed by atoms with E-state index < -0.39 is 0 Å². The molecule has 0 atom stereocenters. The van der Waals surface area contributed by atoms with Crippen LogP contribution < -0.4 is 10.5 Å². The second-order valence-electron chi connectivity index (χ2n) is 3.48. The van der Waals surface area contributed by atoms with Crippen molar-refractivity contribution in [2.45, 2.75) is 4.90 Å². The summed E-state index contributed by atoms with van der Waals surface area (Å²) >= 11 is 1.56. The predicted molar refractivity (Wildman–Crippen MR) is 68.0 cm³/mol. The van der Waals surface area contributed by atoms with E-state index in [9.17, 15) is 0 Å². The maximum atomic E-state index is 5.95. The van der Waals surface area contributed by atoms with Gasteiger partial charge < -0.3 is 10.3 Å². The van der Waals surface area contributed by atoms with Gasteiger partial charge in [-0.1, -0.05) is 0 Å². The molecular weight excluding hydrogens is 220 g/mol. The van der Waals surface area contributed by atoms with Crippen molar-refractivity contribution in [2.24, 2.45) is 7.05 Å². The summed E-state index contributed by atoms with van der Waals surface area (Å²) < 4.78 is 4.95. The molecule has 0 amide bonds. The van der Waals surface area contributed by atoms with Gasteiger partial charge in [0, 0.05) is 29.4 Å². The molecule has 84 valence electrons. The average Bonchev–Trinajstić information content (AvgIpc) is 2.68. The molecule has 0 bridgehead atoms. The van der Waals surface area contributed by atoms with E-state index in [1.165, 1.54) is 0 Å². The van der Waals surface area contributed by atoms with E-state index in [0.717, 1.165) is 21.8 Å². The zero-order valence-corrected chi connectivity index (χ0v) is 10.1. The van der Waals surface area contributed by atoms with Gasteiger partial charge in [0.2, 0.25) is 0 Å². The van der Waals surface area contributed by atoms with Crippen LogP contribution in [0.25, 0.3) is 11.3 Å². The van der Waals surface area contributed by atoms with Crippen molar-refractivity contribution in [1.82, 2.24) is 14.3 Å². The third-order valence-corrected chi connectivity index (χ3v) is 2.92. The molecule has 2 rings (SSSR count). The minimum Gasteiger partial charge on any atom is -0.398 e. The molecule has 1 aromatic carbocycles. The normalized spacial score (nSPS) is 10.6. The fourth-order valence-electron chi connectivity index (χ4n) is 1.49. The van der Waals surface area contributed by atoms with Gasteiger partial charge in [0.1, 0.15) is 0 Å². The number of nitrogens with two attached hydrogens (primary N) is 1. The zero-order chi connectivity index (χ0) is 11.5. The highest BCUT2D eigenvalue weighted by molar-refractivity contribution is 7.97. The van der Waals surface area contributed by atoms with Gasteiger partial charge in [-0.25, -0.2) is 4.98 Å². The van der Waals surface area contributed by atoms with Gasteiger partial charge in [-0.2, -0.15) is 0 Å². The zero-order valence-electron chi connectivity index (χ0n) is 9.27. The van der Waals surface area contributed by atoms with E-state index in [0.29, 0.717) is 0 Å². The largest absolute Gasteiger partial charge is 0.398 e. The van der Waals surface area contributed by atoms with Gasteiger partial charge in [-0.15, -0.1) is 0 Å². The molecule has 1 aromatic heterocycles. The van der Waals surface area contributed by atoms with Crippen LogP contribution in [0.15, 0.2) is 35.6 Å². The van der Waals surface area contributed by atoms with Crippen molar-refractivity contribution in [2.75, 3.05) is 12.8 Å². The van der Waals surface area contributed by atoms with Gasteiger partial charge in [0.15, 0.2) is 0 Å². The van der Waals surface area contributed by atoms with E-state index in [1.807, 2.05) is 43.1 Å². The van der Waals surface area contributed by atoms with Crippen LogP contribution in [0.1, 0.15) is 0 Å². The third-order valence-electron chi connectivity index (χ3n) is 2.23. The summed E-state index contributed by atoms with van der Waals surface area (Å²) in [5, 5.41) is 0. The molecule has 1 heterocycles. The lowest BCUT2D eigenvalue weighted by Crippen LogP contribution is -1.94. The first-order chi connectivity index (χ1) is 7.70. The number of nitrogens with zero attached hydrogens (tertiary/aromatic N) is 2. The molecule has 0 radical (unpaired) electrons. The van der Waals surface area contributed by atoms with Crippen LogP contribution in [0.2, 0.25) is 0 Å². The summed E-state index contributed by atoms with van der Waals surface area (Å²) in [7, 11) is 3.83. The number of hydrogen-bond acceptors (Lipinski definition) is 4. The fourth-order valence-corrected chi connectivity index (χ4v) is 2.04. The van der Waals surface area contributed by atoms with Crippen molar-refractivity contribution in [3.8, 4) is 11.3 Å². The molecule has 4 nitrogen and oxygen atoms in total. The van der Waals surface area contributed by atoms with E-state index in [2.05, 4.69) is 9.71 Å². The average molecular weight is 234 g/mol. The van der Waals surface area contributed by atoms with Crippen molar-refractivity contribution < 1.29 is 0 Å². The highest BCUT2D eigenvalue weighted by Crippen LogP contribution is 2.28. The molecule has 0 fully saturated rings. The van der Waals surface area contributed by atoms with Gasteiger partial charge in [0.25, 0.3) is 0 Å². The molecule has 16 heavy (non-hydrogen) atoms. The van der Waals surface area contributed by atoms with Crippen LogP contribution in [-0.4, -0.2) is 16.6 Å². The lowest BCUT2D eigenvalue weighted by atomic mass is 10.1. The minimum absolute atomic E-state index is 0.749. The van der Waals surface area contributed by atoms with Crippen LogP contribution >= 0.6 is 11.9 Å². The van der Waals surface area contributed by atoms with Crippen molar-refractivity contribution in [3.63, 3.8) is 0 Å². The smallest absolute Gasteiger partial charge is 0.0951 e. The Morgan fingerprint density at radius 1 is 1.44 bits per heavy atom. The summed E-state index contributed by atoms with van der Waals surface area (Å²) in [4.78, 5) is 5.42. The van der Waals surface area contributed by atoms with Gasteiger partial charge in [-0.05, 0) is 37.2 Å². The van der Waals surface area contributed by atoms with Crippen LogP contribution in [-0.2, 0) is 7.05 Å². The molecule has 3 N–H and O–H groups in total. The number of rotatable bonds is 3. The molecule has 0 aliphatic carbocycles. The molecule has 0 aliphatic rings. The highest BCUT2D eigenvalue weighted by Gasteiger charge is 2.06. The Hall–Kier alpha value is -1.46. The minimum atomic E-state index is 0.749. The van der Waals surface area contributed by atoms with Crippen LogP contribution in [0, 0.1) is 0 Å². The van der Waals surface area contributed by atoms with E-state index in [1.54, 1.807) is 18.3 Å². The Morgan fingerprint density at radius 2 is 2.25 bits per heavy atom. The molecule has 5 heteroatoms. The number of anilines is 1. The van der Waals surface area contributed by atoms with Gasteiger partial charge in [-0.3, -0.25) is 4.72 Å². The quantitative estimate of drug-likeness (QED) is 0.629. The van der Waals surface area contributed by atoms with Gasteiger partial charge >= 0.3 is 0 Å². The van der Waals surface area contributed by atoms with Crippen LogP contribution in [0.3, 0.4) is 0 Å². The van der Waals surface area contributed by atoms with Crippen molar-refractivity contribution in [3.05, 3.63) is 30.7 Å². The van der Waals surface area contributed by atoms with Crippen LogP contribution in [0.5, 0.6) is 0 Å². The maximum absolute atomic E-state index is 5.95. The number of aromatic nitrogens is 2. The van der Waals surface area contributed by atoms with Crippen molar-refractivity contribution >= 4 is 17.6 Å². The monoisotopic (exact) mass is 234 g/mol. The molecular formula is C11H14N4S. The summed E-state index contributed by atoms with van der Waals surface area (Å²) in [6, 6.07) is 5.94. The second kappa shape index (κ2) is 4.59. The lowest BCUT2D eigenvalue weighted by molar-refractivity contribution is 0.913. The highest BCUT2D eigenvalue weighted by atomic mass is 32.2. The number of hydrogen-bond donors (Lipinski definition) is 2. The second-order valence-corrected chi connectivity index (χ2v) is 4.56. The Kier molecular flexibility index (Phi) is 3.17. The molecule has 0 spiro atoms. The number of aryl methyl sites for hydroxylation is 1. The first-order valence-corrected chi connectivity index (χ1v) is 5.74. The summed E-state index contributed by atoms with van der Waals surface area (Å²) in [5.74, 6) is 0. The Labute approximate surface area is 99.0 Å².